The summed E-state index contributed by atoms with van der Waals surface area (Å²) in [6.07, 6.45) is -1.28. The first-order chi connectivity index (χ1) is 10.4. The normalized spacial score (nSPS) is 15.6. The number of benzene rings is 1. The molecule has 0 unspecified atom stereocenters. The molecule has 1 aliphatic rings. The lowest BCUT2D eigenvalue weighted by Crippen LogP contribution is -2.23. The highest BCUT2D eigenvalue weighted by molar-refractivity contribution is 5.84. The molecule has 0 atom stereocenters. The summed E-state index contributed by atoms with van der Waals surface area (Å²) in [7, 11) is 0. The molecule has 0 aliphatic heterocycles. The maximum atomic E-state index is 12.4. The average molecular weight is 310 g/mol. The first-order valence-corrected chi connectivity index (χ1v) is 6.96. The Labute approximate surface area is 124 Å². The number of ketones is 1. The van der Waals surface area contributed by atoms with Crippen molar-refractivity contribution in [3.63, 3.8) is 0 Å². The lowest BCUT2D eigenvalue weighted by molar-refractivity contribution is -0.159. The van der Waals surface area contributed by atoms with Crippen LogP contribution in [0.1, 0.15) is 30.7 Å². The molecule has 1 aromatic carbocycles. The van der Waals surface area contributed by atoms with Gasteiger partial charge < -0.3 is 4.52 Å². The fourth-order valence-corrected chi connectivity index (χ4v) is 2.30. The zero-order chi connectivity index (χ0) is 15.7. The Kier molecular flexibility index (Phi) is 3.72. The molecule has 0 radical (unpaired) electrons. The standard InChI is InChI=1S/C15H13F3N2O2/c16-15(17,18)14-19-13(20-22-14)11-6-4-9(5-7-11)8-12(21)10-2-1-3-10/h4-7,10H,1-3,8H2. The Balaban J connectivity index is 1.71. The van der Waals surface area contributed by atoms with Crippen molar-refractivity contribution in [2.75, 3.05) is 0 Å². The van der Waals surface area contributed by atoms with Crippen LogP contribution in [0.25, 0.3) is 11.4 Å². The van der Waals surface area contributed by atoms with Crippen molar-refractivity contribution in [2.45, 2.75) is 31.9 Å². The second-order valence-electron chi connectivity index (χ2n) is 5.39. The van der Waals surface area contributed by atoms with E-state index >= 15 is 0 Å². The van der Waals surface area contributed by atoms with Crippen molar-refractivity contribution in [2.24, 2.45) is 5.92 Å². The zero-order valence-electron chi connectivity index (χ0n) is 11.6. The Bertz CT molecular complexity index is 673. The monoisotopic (exact) mass is 310 g/mol. The predicted octanol–water partition coefficient (Wildman–Crippen LogP) is 3.67. The minimum atomic E-state index is -4.65. The van der Waals surface area contributed by atoms with E-state index in [2.05, 4.69) is 14.7 Å². The van der Waals surface area contributed by atoms with Gasteiger partial charge in [-0.2, -0.15) is 18.2 Å². The van der Waals surface area contributed by atoms with Gasteiger partial charge in [-0.15, -0.1) is 0 Å². The minimum absolute atomic E-state index is 0.121. The number of alkyl halides is 3. The highest BCUT2D eigenvalue weighted by Crippen LogP contribution is 2.30. The third kappa shape index (κ3) is 3.03. The van der Waals surface area contributed by atoms with Crippen molar-refractivity contribution < 1.29 is 22.5 Å². The maximum absolute atomic E-state index is 12.4. The third-order valence-electron chi connectivity index (χ3n) is 3.82. The van der Waals surface area contributed by atoms with Gasteiger partial charge in [0.25, 0.3) is 0 Å². The fourth-order valence-electron chi connectivity index (χ4n) is 2.30. The van der Waals surface area contributed by atoms with Crippen LogP contribution in [-0.4, -0.2) is 15.9 Å². The van der Waals surface area contributed by atoms with E-state index in [1.165, 1.54) is 0 Å². The van der Waals surface area contributed by atoms with Gasteiger partial charge in [-0.25, -0.2) is 0 Å². The molecule has 0 saturated heterocycles. The van der Waals surface area contributed by atoms with Gasteiger partial charge in [0.1, 0.15) is 5.78 Å². The SMILES string of the molecule is O=C(Cc1ccc(-c2noc(C(F)(F)F)n2)cc1)C1CCC1. The van der Waals surface area contributed by atoms with Gasteiger partial charge in [0.2, 0.25) is 5.82 Å². The van der Waals surface area contributed by atoms with Gasteiger partial charge in [-0.1, -0.05) is 35.8 Å². The number of carbonyl (C=O) groups excluding carboxylic acids is 1. The molecule has 4 nitrogen and oxygen atoms in total. The predicted molar refractivity (Wildman–Crippen MR) is 70.8 cm³/mol. The van der Waals surface area contributed by atoms with Crippen LogP contribution in [0.5, 0.6) is 0 Å². The van der Waals surface area contributed by atoms with Gasteiger partial charge in [0.05, 0.1) is 0 Å². The summed E-state index contributed by atoms with van der Waals surface area (Å²) < 4.78 is 41.4. The molecule has 7 heteroatoms. The molecule has 0 bridgehead atoms. The molecular weight excluding hydrogens is 297 g/mol. The van der Waals surface area contributed by atoms with E-state index in [0.29, 0.717) is 12.0 Å². The number of rotatable bonds is 4. The van der Waals surface area contributed by atoms with Crippen LogP contribution in [0, 0.1) is 5.92 Å². The van der Waals surface area contributed by atoms with E-state index < -0.39 is 12.1 Å². The van der Waals surface area contributed by atoms with E-state index in [4.69, 9.17) is 0 Å². The molecule has 3 rings (SSSR count). The molecule has 1 heterocycles. The number of carbonyl (C=O) groups is 1. The summed E-state index contributed by atoms with van der Waals surface area (Å²) in [6.45, 7) is 0. The molecule has 1 aromatic heterocycles. The first-order valence-electron chi connectivity index (χ1n) is 6.96. The van der Waals surface area contributed by atoms with Crippen LogP contribution in [0.2, 0.25) is 0 Å². The summed E-state index contributed by atoms with van der Waals surface area (Å²) >= 11 is 0. The first kappa shape index (κ1) is 14.7. The second kappa shape index (κ2) is 5.55. The largest absolute Gasteiger partial charge is 0.471 e. The van der Waals surface area contributed by atoms with Crippen LogP contribution in [0.15, 0.2) is 28.8 Å². The van der Waals surface area contributed by atoms with Crippen molar-refractivity contribution in [3.8, 4) is 11.4 Å². The molecule has 2 aromatic rings. The van der Waals surface area contributed by atoms with Gasteiger partial charge in [-0.3, -0.25) is 4.79 Å². The minimum Gasteiger partial charge on any atom is -0.329 e. The summed E-state index contributed by atoms with van der Waals surface area (Å²) in [5.74, 6) is -1.10. The van der Waals surface area contributed by atoms with Crippen molar-refractivity contribution >= 4 is 5.78 Å². The summed E-state index contributed by atoms with van der Waals surface area (Å²) in [5.41, 5.74) is 1.25. The van der Waals surface area contributed by atoms with Crippen LogP contribution in [0.3, 0.4) is 0 Å². The number of nitrogens with zero attached hydrogens (tertiary/aromatic N) is 2. The number of halogens is 3. The molecule has 1 saturated carbocycles. The third-order valence-corrected chi connectivity index (χ3v) is 3.82. The van der Waals surface area contributed by atoms with Crippen molar-refractivity contribution in [3.05, 3.63) is 35.7 Å². The van der Waals surface area contributed by atoms with E-state index in [1.54, 1.807) is 24.3 Å². The zero-order valence-corrected chi connectivity index (χ0v) is 11.6. The molecule has 1 aliphatic carbocycles. The molecule has 0 N–H and O–H groups in total. The summed E-state index contributed by atoms with van der Waals surface area (Å²) in [4.78, 5) is 15.2. The Morgan fingerprint density at radius 3 is 2.41 bits per heavy atom. The van der Waals surface area contributed by atoms with E-state index in [-0.39, 0.29) is 17.5 Å². The second-order valence-corrected chi connectivity index (χ2v) is 5.39. The highest BCUT2D eigenvalue weighted by atomic mass is 19.4. The number of Topliss-reactive ketones (excluding diaryl/α,β-unsaturated/α-hetero) is 1. The van der Waals surface area contributed by atoms with Gasteiger partial charge >= 0.3 is 12.1 Å². The van der Waals surface area contributed by atoms with Crippen LogP contribution in [0.4, 0.5) is 13.2 Å². The number of hydrogen-bond donors (Lipinski definition) is 0. The molecule has 0 spiro atoms. The quantitative estimate of drug-likeness (QED) is 0.864. The Morgan fingerprint density at radius 1 is 1.23 bits per heavy atom. The van der Waals surface area contributed by atoms with Crippen molar-refractivity contribution in [1.29, 1.82) is 0 Å². The van der Waals surface area contributed by atoms with E-state index in [9.17, 15) is 18.0 Å². The van der Waals surface area contributed by atoms with Gasteiger partial charge in [0.15, 0.2) is 0 Å². The molecular formula is C15H13F3N2O2. The molecule has 116 valence electrons. The Morgan fingerprint density at radius 2 is 1.91 bits per heavy atom. The lowest BCUT2D eigenvalue weighted by Gasteiger charge is -2.23. The molecule has 1 fully saturated rings. The maximum Gasteiger partial charge on any atom is 0.471 e. The van der Waals surface area contributed by atoms with Gasteiger partial charge in [0, 0.05) is 17.9 Å². The van der Waals surface area contributed by atoms with E-state index in [0.717, 1.165) is 24.8 Å². The Hall–Kier alpha value is -2.18. The summed E-state index contributed by atoms with van der Waals surface area (Å²) in [6, 6.07) is 6.59. The summed E-state index contributed by atoms with van der Waals surface area (Å²) in [5, 5.41) is 3.32. The lowest BCUT2D eigenvalue weighted by atomic mass is 9.80. The van der Waals surface area contributed by atoms with Gasteiger partial charge in [-0.05, 0) is 18.4 Å². The van der Waals surface area contributed by atoms with E-state index in [1.807, 2.05) is 0 Å². The van der Waals surface area contributed by atoms with Crippen LogP contribution in [-0.2, 0) is 17.4 Å². The molecule has 0 amide bonds. The molecule has 22 heavy (non-hydrogen) atoms. The topological polar surface area (TPSA) is 56.0 Å². The van der Waals surface area contributed by atoms with Crippen LogP contribution < -0.4 is 0 Å². The number of hydrogen-bond acceptors (Lipinski definition) is 4. The van der Waals surface area contributed by atoms with Crippen molar-refractivity contribution in [1.82, 2.24) is 10.1 Å². The van der Waals surface area contributed by atoms with Crippen LogP contribution >= 0.6 is 0 Å². The smallest absolute Gasteiger partial charge is 0.329 e. The number of aromatic nitrogens is 2. The highest BCUT2D eigenvalue weighted by Gasteiger charge is 2.38. The average Bonchev–Trinajstić information content (AvgIpc) is 2.86. The fraction of sp³-hybridized carbons (Fsp3) is 0.400.